The molecule has 2 rings (SSSR count). The van der Waals surface area contributed by atoms with Gasteiger partial charge in [-0.25, -0.2) is 8.42 Å². The number of fused-ring (bicyclic) bond motifs is 1. The highest BCUT2D eigenvalue weighted by atomic mass is 32.2. The van der Waals surface area contributed by atoms with Gasteiger partial charge in [0.25, 0.3) is 0 Å². The minimum atomic E-state index is -2.97. The van der Waals surface area contributed by atoms with E-state index < -0.39 is 9.84 Å². The van der Waals surface area contributed by atoms with Crippen LogP contribution in [-0.4, -0.2) is 38.4 Å². The van der Waals surface area contributed by atoms with Crippen molar-refractivity contribution in [1.29, 1.82) is 0 Å². The molecule has 1 heterocycles. The van der Waals surface area contributed by atoms with Gasteiger partial charge in [-0.05, 0) is 12.5 Å². The minimum Gasteiger partial charge on any atom is -0.493 e. The topological polar surface area (TPSA) is 82.1 Å². The van der Waals surface area contributed by atoms with Crippen LogP contribution in [0.5, 0.6) is 17.2 Å². The molecular formula is C13H18O6S. The Bertz CT molecular complexity index is 566. The number of rotatable bonds is 7. The molecule has 0 amide bonds. The molecule has 6 nitrogen and oxygen atoms in total. The van der Waals surface area contributed by atoms with Crippen LogP contribution in [-0.2, 0) is 16.4 Å². The summed E-state index contributed by atoms with van der Waals surface area (Å²) in [4.78, 5) is 0. The van der Waals surface area contributed by atoms with Gasteiger partial charge >= 0.3 is 0 Å². The van der Waals surface area contributed by atoms with Gasteiger partial charge in [0, 0.05) is 17.4 Å². The number of sulfone groups is 1. The van der Waals surface area contributed by atoms with Gasteiger partial charge in [-0.15, -0.1) is 0 Å². The third kappa shape index (κ3) is 3.55. The molecule has 0 radical (unpaired) electrons. The van der Waals surface area contributed by atoms with Crippen LogP contribution >= 0.6 is 0 Å². The summed E-state index contributed by atoms with van der Waals surface area (Å²) in [5.74, 6) is 1.88. The van der Waals surface area contributed by atoms with Crippen molar-refractivity contribution in [2.75, 3.05) is 24.9 Å². The standard InChI is InChI=1S/C13H18O6S/c1-2-20(15,16)5-3-4-17-11-7-13-12(18-9-19-13)6-10(11)8-14/h6-7,14H,2-5,8-9H2,1H3. The molecule has 0 aliphatic carbocycles. The third-order valence-electron chi connectivity index (χ3n) is 3.02. The first-order chi connectivity index (χ1) is 9.55. The molecule has 0 atom stereocenters. The largest absolute Gasteiger partial charge is 0.493 e. The van der Waals surface area contributed by atoms with E-state index in [9.17, 15) is 13.5 Å². The van der Waals surface area contributed by atoms with Gasteiger partial charge in [-0.3, -0.25) is 0 Å². The van der Waals surface area contributed by atoms with E-state index >= 15 is 0 Å². The molecular weight excluding hydrogens is 284 g/mol. The molecule has 7 heteroatoms. The van der Waals surface area contributed by atoms with Crippen molar-refractivity contribution in [2.24, 2.45) is 0 Å². The van der Waals surface area contributed by atoms with Gasteiger partial charge in [0.15, 0.2) is 11.5 Å². The highest BCUT2D eigenvalue weighted by Crippen LogP contribution is 2.38. The van der Waals surface area contributed by atoms with E-state index in [1.165, 1.54) is 0 Å². The molecule has 20 heavy (non-hydrogen) atoms. The monoisotopic (exact) mass is 302 g/mol. The number of hydrogen-bond donors (Lipinski definition) is 1. The van der Waals surface area contributed by atoms with Crippen molar-refractivity contribution in [3.63, 3.8) is 0 Å². The molecule has 0 aromatic heterocycles. The Kier molecular flexibility index (Phi) is 4.72. The zero-order valence-electron chi connectivity index (χ0n) is 11.3. The second-order valence-corrected chi connectivity index (χ2v) is 6.88. The van der Waals surface area contributed by atoms with Crippen LogP contribution in [0.15, 0.2) is 12.1 Å². The van der Waals surface area contributed by atoms with Gasteiger partial charge in [0.05, 0.1) is 19.0 Å². The molecule has 1 aromatic rings. The van der Waals surface area contributed by atoms with Crippen molar-refractivity contribution in [3.8, 4) is 17.2 Å². The smallest absolute Gasteiger partial charge is 0.231 e. The van der Waals surface area contributed by atoms with Crippen molar-refractivity contribution in [3.05, 3.63) is 17.7 Å². The second kappa shape index (κ2) is 6.32. The summed E-state index contributed by atoms with van der Waals surface area (Å²) in [6, 6.07) is 3.32. The molecule has 1 N–H and O–H groups in total. The maximum atomic E-state index is 11.4. The van der Waals surface area contributed by atoms with E-state index in [1.807, 2.05) is 0 Å². The van der Waals surface area contributed by atoms with Crippen molar-refractivity contribution < 1.29 is 27.7 Å². The first-order valence-electron chi connectivity index (χ1n) is 6.42. The molecule has 0 bridgehead atoms. The molecule has 1 aliphatic heterocycles. The fourth-order valence-corrected chi connectivity index (χ4v) is 2.67. The van der Waals surface area contributed by atoms with E-state index in [-0.39, 0.29) is 31.5 Å². The molecule has 1 aliphatic rings. The molecule has 112 valence electrons. The molecule has 1 aromatic carbocycles. The van der Waals surface area contributed by atoms with E-state index in [0.717, 1.165) is 0 Å². The zero-order chi connectivity index (χ0) is 14.6. The molecule has 0 fully saturated rings. The first-order valence-corrected chi connectivity index (χ1v) is 8.24. The Morgan fingerprint density at radius 3 is 2.65 bits per heavy atom. The second-order valence-electron chi connectivity index (χ2n) is 4.41. The van der Waals surface area contributed by atoms with Crippen molar-refractivity contribution in [2.45, 2.75) is 20.0 Å². The van der Waals surface area contributed by atoms with E-state index in [2.05, 4.69) is 0 Å². The Labute approximate surface area is 118 Å². The van der Waals surface area contributed by atoms with Crippen LogP contribution in [0.3, 0.4) is 0 Å². The Morgan fingerprint density at radius 1 is 1.30 bits per heavy atom. The Morgan fingerprint density at radius 2 is 2.00 bits per heavy atom. The van der Waals surface area contributed by atoms with Crippen LogP contribution in [0, 0.1) is 0 Å². The molecule has 0 unspecified atom stereocenters. The molecule has 0 spiro atoms. The number of aliphatic hydroxyl groups is 1. The summed E-state index contributed by atoms with van der Waals surface area (Å²) >= 11 is 0. The van der Waals surface area contributed by atoms with Gasteiger partial charge in [-0.2, -0.15) is 0 Å². The van der Waals surface area contributed by atoms with Gasteiger partial charge in [-0.1, -0.05) is 6.92 Å². The maximum absolute atomic E-state index is 11.4. The van der Waals surface area contributed by atoms with Crippen LogP contribution in [0.4, 0.5) is 0 Å². The third-order valence-corrected chi connectivity index (χ3v) is 4.81. The van der Waals surface area contributed by atoms with Crippen LogP contribution in [0.2, 0.25) is 0 Å². The highest BCUT2D eigenvalue weighted by molar-refractivity contribution is 7.91. The fraction of sp³-hybridized carbons (Fsp3) is 0.538. The zero-order valence-corrected chi connectivity index (χ0v) is 12.1. The lowest BCUT2D eigenvalue weighted by molar-refractivity contribution is 0.173. The average molecular weight is 302 g/mol. The maximum Gasteiger partial charge on any atom is 0.231 e. The summed E-state index contributed by atoms with van der Waals surface area (Å²) in [5.41, 5.74) is 0.590. The fourth-order valence-electron chi connectivity index (χ4n) is 1.83. The quantitative estimate of drug-likeness (QED) is 0.760. The lowest BCUT2D eigenvalue weighted by atomic mass is 10.2. The Hall–Kier alpha value is -1.47. The average Bonchev–Trinajstić information content (AvgIpc) is 2.89. The predicted octanol–water partition coefficient (Wildman–Crippen LogP) is 1.11. The normalized spacial score (nSPS) is 13.5. The van der Waals surface area contributed by atoms with Crippen molar-refractivity contribution in [1.82, 2.24) is 0 Å². The highest BCUT2D eigenvalue weighted by Gasteiger charge is 2.18. The van der Waals surface area contributed by atoms with E-state index in [4.69, 9.17) is 14.2 Å². The van der Waals surface area contributed by atoms with Crippen LogP contribution in [0.1, 0.15) is 18.9 Å². The number of ether oxygens (including phenoxy) is 3. The first kappa shape index (κ1) is 14.9. The van der Waals surface area contributed by atoms with E-state index in [1.54, 1.807) is 19.1 Å². The SMILES string of the molecule is CCS(=O)(=O)CCCOc1cc2c(cc1CO)OCO2. The summed E-state index contributed by atoms with van der Waals surface area (Å²) in [7, 11) is -2.97. The van der Waals surface area contributed by atoms with Gasteiger partial charge in [0.1, 0.15) is 15.6 Å². The number of benzene rings is 1. The number of hydrogen-bond acceptors (Lipinski definition) is 6. The molecule has 0 saturated heterocycles. The Balaban J connectivity index is 1.96. The predicted molar refractivity (Wildman–Crippen MR) is 72.9 cm³/mol. The van der Waals surface area contributed by atoms with Gasteiger partial charge < -0.3 is 19.3 Å². The van der Waals surface area contributed by atoms with Crippen LogP contribution in [0.25, 0.3) is 0 Å². The minimum absolute atomic E-state index is 0.0997. The number of aliphatic hydroxyl groups excluding tert-OH is 1. The van der Waals surface area contributed by atoms with E-state index in [0.29, 0.717) is 29.2 Å². The summed E-state index contributed by atoms with van der Waals surface area (Å²) in [5, 5.41) is 9.30. The lowest BCUT2D eigenvalue weighted by Gasteiger charge is -2.11. The van der Waals surface area contributed by atoms with Gasteiger partial charge in [0.2, 0.25) is 6.79 Å². The lowest BCUT2D eigenvalue weighted by Crippen LogP contribution is -2.12. The van der Waals surface area contributed by atoms with Crippen LogP contribution < -0.4 is 14.2 Å². The summed E-state index contributed by atoms with van der Waals surface area (Å²) in [6.07, 6.45) is 0.412. The summed E-state index contributed by atoms with van der Waals surface area (Å²) in [6.45, 7) is 1.86. The summed E-state index contributed by atoms with van der Waals surface area (Å²) < 4.78 is 38.7. The molecule has 0 saturated carbocycles. The van der Waals surface area contributed by atoms with Crippen molar-refractivity contribution >= 4 is 9.84 Å².